The van der Waals surface area contributed by atoms with Crippen molar-refractivity contribution in [3.8, 4) is 0 Å². The van der Waals surface area contributed by atoms with E-state index in [0.717, 1.165) is 10.7 Å². The van der Waals surface area contributed by atoms with Crippen LogP contribution in [0.2, 0.25) is 0 Å². The number of para-hydroxylation sites is 1. The molecule has 0 bridgehead atoms. The van der Waals surface area contributed by atoms with Gasteiger partial charge in [-0.15, -0.1) is 5.01 Å². The van der Waals surface area contributed by atoms with Gasteiger partial charge >= 0.3 is 6.09 Å². The molecule has 0 aromatic heterocycles. The first-order chi connectivity index (χ1) is 10.3. The van der Waals surface area contributed by atoms with Gasteiger partial charge in [0.05, 0.1) is 12.2 Å². The lowest BCUT2D eigenvalue weighted by molar-refractivity contribution is 0.0516. The molecule has 0 saturated carbocycles. The first-order valence-electron chi connectivity index (χ1n) is 6.66. The van der Waals surface area contributed by atoms with Crippen LogP contribution in [0.15, 0.2) is 60.7 Å². The van der Waals surface area contributed by atoms with E-state index in [4.69, 9.17) is 4.74 Å². The number of hydrogen-bond acceptors (Lipinski definition) is 4. The Balaban J connectivity index is 1.96. The summed E-state index contributed by atoms with van der Waals surface area (Å²) in [5.74, 6) is -0.399. The number of cyclic esters (lactones) is 1. The van der Waals surface area contributed by atoms with Crippen molar-refractivity contribution in [2.45, 2.75) is 0 Å². The molecular formula is C16H14N2O3. The van der Waals surface area contributed by atoms with Gasteiger partial charge in [0, 0.05) is 5.56 Å². The molecule has 1 saturated heterocycles. The van der Waals surface area contributed by atoms with Crippen molar-refractivity contribution in [2.24, 2.45) is 0 Å². The average molecular weight is 282 g/mol. The molecule has 0 atom stereocenters. The van der Waals surface area contributed by atoms with Gasteiger partial charge in [0.1, 0.15) is 6.61 Å². The fraction of sp³-hybridized carbons (Fsp3) is 0.125. The van der Waals surface area contributed by atoms with Crippen LogP contribution in [0, 0.1) is 0 Å². The molecule has 0 spiro atoms. The van der Waals surface area contributed by atoms with Gasteiger partial charge in [0.25, 0.3) is 5.91 Å². The van der Waals surface area contributed by atoms with Crippen molar-refractivity contribution in [2.75, 3.05) is 18.2 Å². The zero-order valence-electron chi connectivity index (χ0n) is 11.3. The summed E-state index contributed by atoms with van der Waals surface area (Å²) in [7, 11) is 0. The monoisotopic (exact) mass is 282 g/mol. The second kappa shape index (κ2) is 5.66. The second-order valence-corrected chi connectivity index (χ2v) is 4.56. The lowest BCUT2D eigenvalue weighted by Crippen LogP contribution is -2.55. The van der Waals surface area contributed by atoms with Crippen molar-refractivity contribution in [1.29, 1.82) is 0 Å². The van der Waals surface area contributed by atoms with E-state index < -0.39 is 12.0 Å². The van der Waals surface area contributed by atoms with E-state index in [1.54, 1.807) is 29.3 Å². The van der Waals surface area contributed by atoms with E-state index in [1.807, 2.05) is 36.4 Å². The van der Waals surface area contributed by atoms with Gasteiger partial charge in [-0.1, -0.05) is 36.4 Å². The van der Waals surface area contributed by atoms with Gasteiger partial charge in [0.15, 0.2) is 0 Å². The largest absolute Gasteiger partial charge is 0.446 e. The summed E-state index contributed by atoms with van der Waals surface area (Å²) >= 11 is 0. The number of anilines is 1. The summed E-state index contributed by atoms with van der Waals surface area (Å²) in [5.41, 5.74) is 1.22. The van der Waals surface area contributed by atoms with E-state index in [-0.39, 0.29) is 6.61 Å². The number of carbonyl (C=O) groups is 2. The SMILES string of the molecule is O=C1OCCN(c2ccccc2)N1C(=O)c1ccccc1. The maximum atomic E-state index is 12.6. The number of nitrogens with zero attached hydrogens (tertiary/aromatic N) is 2. The Morgan fingerprint density at radius 2 is 1.57 bits per heavy atom. The molecule has 0 radical (unpaired) electrons. The van der Waals surface area contributed by atoms with Crippen LogP contribution in [0.5, 0.6) is 0 Å². The number of ether oxygens (including phenoxy) is 1. The highest BCUT2D eigenvalue weighted by atomic mass is 16.6. The molecule has 1 fully saturated rings. The van der Waals surface area contributed by atoms with Crippen LogP contribution in [0.25, 0.3) is 0 Å². The number of carbonyl (C=O) groups excluding carboxylic acids is 2. The first kappa shape index (κ1) is 13.2. The number of benzene rings is 2. The molecule has 1 aliphatic rings. The molecular weight excluding hydrogens is 268 g/mol. The van der Waals surface area contributed by atoms with Gasteiger partial charge < -0.3 is 4.74 Å². The van der Waals surface area contributed by atoms with Crippen LogP contribution in [0.4, 0.5) is 10.5 Å². The molecule has 5 heteroatoms. The lowest BCUT2D eigenvalue weighted by Gasteiger charge is -2.37. The molecule has 21 heavy (non-hydrogen) atoms. The maximum Gasteiger partial charge on any atom is 0.436 e. The van der Waals surface area contributed by atoms with E-state index in [1.165, 1.54) is 0 Å². The Hall–Kier alpha value is -2.82. The second-order valence-electron chi connectivity index (χ2n) is 4.56. The molecule has 2 amide bonds. The van der Waals surface area contributed by atoms with Crippen LogP contribution in [-0.2, 0) is 4.74 Å². The summed E-state index contributed by atoms with van der Waals surface area (Å²) < 4.78 is 5.01. The summed E-state index contributed by atoms with van der Waals surface area (Å²) in [5, 5.41) is 2.69. The zero-order chi connectivity index (χ0) is 14.7. The van der Waals surface area contributed by atoms with E-state index >= 15 is 0 Å². The fourth-order valence-corrected chi connectivity index (χ4v) is 2.22. The van der Waals surface area contributed by atoms with Crippen molar-refractivity contribution in [3.05, 3.63) is 66.2 Å². The fourth-order valence-electron chi connectivity index (χ4n) is 2.22. The molecule has 2 aromatic carbocycles. The Kier molecular flexibility index (Phi) is 3.55. The summed E-state index contributed by atoms with van der Waals surface area (Å²) in [6.45, 7) is 0.695. The molecule has 3 rings (SSSR count). The normalized spacial score (nSPS) is 14.8. The molecule has 106 valence electrons. The number of hydrazine groups is 1. The summed E-state index contributed by atoms with van der Waals surface area (Å²) in [6, 6.07) is 18.0. The average Bonchev–Trinajstić information content (AvgIpc) is 2.55. The quantitative estimate of drug-likeness (QED) is 0.849. The van der Waals surface area contributed by atoms with E-state index in [9.17, 15) is 9.59 Å². The van der Waals surface area contributed by atoms with Gasteiger partial charge in [-0.2, -0.15) is 0 Å². The highest BCUT2D eigenvalue weighted by Gasteiger charge is 2.34. The standard InChI is InChI=1S/C16H14N2O3/c19-15(13-7-3-1-4-8-13)18-16(20)21-12-11-17(18)14-9-5-2-6-10-14/h1-10H,11-12H2. The highest BCUT2D eigenvalue weighted by molar-refractivity contribution is 6.04. The Bertz CT molecular complexity index is 643. The predicted octanol–water partition coefficient (Wildman–Crippen LogP) is 2.70. The maximum absolute atomic E-state index is 12.6. The Labute approximate surface area is 122 Å². The number of rotatable bonds is 2. The van der Waals surface area contributed by atoms with Crippen LogP contribution in [0.1, 0.15) is 10.4 Å². The molecule has 0 aliphatic carbocycles. The number of imide groups is 1. The molecule has 5 nitrogen and oxygen atoms in total. The lowest BCUT2D eigenvalue weighted by atomic mass is 10.2. The Morgan fingerprint density at radius 1 is 0.952 bits per heavy atom. The predicted molar refractivity (Wildman–Crippen MR) is 77.7 cm³/mol. The topological polar surface area (TPSA) is 49.9 Å². The van der Waals surface area contributed by atoms with Gasteiger partial charge in [-0.25, -0.2) is 4.79 Å². The molecule has 1 aliphatic heterocycles. The zero-order valence-corrected chi connectivity index (χ0v) is 11.3. The van der Waals surface area contributed by atoms with Gasteiger partial charge in [-0.3, -0.25) is 9.80 Å². The summed E-state index contributed by atoms with van der Waals surface area (Å²) in [6.07, 6.45) is -0.654. The van der Waals surface area contributed by atoms with E-state index in [0.29, 0.717) is 12.1 Å². The van der Waals surface area contributed by atoms with Crippen molar-refractivity contribution in [1.82, 2.24) is 5.01 Å². The molecule has 1 heterocycles. The minimum Gasteiger partial charge on any atom is -0.446 e. The minimum atomic E-state index is -0.654. The van der Waals surface area contributed by atoms with Gasteiger partial charge in [0.2, 0.25) is 0 Å². The Morgan fingerprint density at radius 3 is 2.24 bits per heavy atom. The smallest absolute Gasteiger partial charge is 0.436 e. The first-order valence-corrected chi connectivity index (χ1v) is 6.66. The van der Waals surface area contributed by atoms with Crippen LogP contribution in [0.3, 0.4) is 0 Å². The van der Waals surface area contributed by atoms with Crippen LogP contribution in [-0.4, -0.2) is 30.2 Å². The number of hydrogen-bond donors (Lipinski definition) is 0. The molecule has 2 aromatic rings. The molecule has 0 N–H and O–H groups in total. The third kappa shape index (κ3) is 2.58. The highest BCUT2D eigenvalue weighted by Crippen LogP contribution is 2.21. The van der Waals surface area contributed by atoms with Gasteiger partial charge in [-0.05, 0) is 24.3 Å². The van der Waals surface area contributed by atoms with E-state index in [2.05, 4.69) is 0 Å². The molecule has 0 unspecified atom stereocenters. The van der Waals surface area contributed by atoms with Crippen LogP contribution < -0.4 is 5.01 Å². The third-order valence-corrected chi connectivity index (χ3v) is 3.21. The third-order valence-electron chi connectivity index (χ3n) is 3.21. The number of amides is 2. The minimum absolute atomic E-state index is 0.256. The van der Waals surface area contributed by atoms with Crippen molar-refractivity contribution in [3.63, 3.8) is 0 Å². The van der Waals surface area contributed by atoms with Crippen molar-refractivity contribution >= 4 is 17.7 Å². The van der Waals surface area contributed by atoms with Crippen LogP contribution >= 0.6 is 0 Å². The van der Waals surface area contributed by atoms with Crippen molar-refractivity contribution < 1.29 is 14.3 Å². The summed E-state index contributed by atoms with van der Waals surface area (Å²) in [4.78, 5) is 24.6.